The number of amides is 1. The van der Waals surface area contributed by atoms with Crippen LogP contribution in [0.4, 0.5) is 5.69 Å². The van der Waals surface area contributed by atoms with Gasteiger partial charge in [-0.15, -0.1) is 0 Å². The fraction of sp³-hybridized carbons (Fsp3) is 0.222. The zero-order valence-corrected chi connectivity index (χ0v) is 16.3. The first kappa shape index (κ1) is 19.6. The van der Waals surface area contributed by atoms with Crippen molar-refractivity contribution in [2.45, 2.75) is 13.3 Å². The number of pyridine rings is 1. The Morgan fingerprint density at radius 1 is 1.27 bits per heavy atom. The second-order valence-electron chi connectivity index (χ2n) is 5.53. The van der Waals surface area contributed by atoms with E-state index in [-0.39, 0.29) is 11.4 Å². The Bertz CT molecular complexity index is 851. The van der Waals surface area contributed by atoms with Gasteiger partial charge in [-0.05, 0) is 34.5 Å². The normalized spacial score (nSPS) is 11.7. The minimum Gasteiger partial charge on any atom is -0.494 e. The Balaban J connectivity index is 2.54. The van der Waals surface area contributed by atoms with Crippen molar-refractivity contribution in [1.82, 2.24) is 10.3 Å². The van der Waals surface area contributed by atoms with E-state index in [1.807, 2.05) is 6.92 Å². The number of halogens is 1. The van der Waals surface area contributed by atoms with E-state index < -0.39 is 5.91 Å². The van der Waals surface area contributed by atoms with Gasteiger partial charge in [-0.3, -0.25) is 4.79 Å². The average molecular weight is 420 g/mol. The maximum atomic E-state index is 12.1. The second-order valence-corrected chi connectivity index (χ2v) is 6.35. The van der Waals surface area contributed by atoms with Gasteiger partial charge in [-0.1, -0.05) is 25.1 Å². The van der Waals surface area contributed by atoms with Gasteiger partial charge in [0.25, 0.3) is 5.91 Å². The monoisotopic (exact) mass is 419 g/mol. The largest absolute Gasteiger partial charge is 0.494 e. The van der Waals surface area contributed by atoms with Crippen LogP contribution in [0.1, 0.15) is 18.9 Å². The number of benzene rings is 1. The molecular formula is C18H22BrN5O2. The number of aromatic nitrogens is 1. The molecule has 0 aliphatic heterocycles. The van der Waals surface area contributed by atoms with E-state index in [0.29, 0.717) is 39.4 Å². The van der Waals surface area contributed by atoms with Crippen LogP contribution in [0.2, 0.25) is 0 Å². The van der Waals surface area contributed by atoms with Gasteiger partial charge in [0.15, 0.2) is 0 Å². The van der Waals surface area contributed by atoms with Crippen LogP contribution < -0.4 is 27.3 Å². The molecule has 2 aromatic rings. The standard InChI is InChI=1S/C18H22BrN5O2/c1-3-9-23-18(25)16(22)15(21)10-5-4-6-11(14(10)20)17-12(26-2)7-8-13(19)24-17/h4-8H,3,9,20-22H2,1-2H3,(H,23,25)/b16-15+. The summed E-state index contributed by atoms with van der Waals surface area (Å²) in [6.07, 6.45) is 0.797. The SMILES string of the molecule is CCCNC(=O)/C(N)=C(\N)c1cccc(-c2nc(Br)ccc2OC)c1N. The van der Waals surface area contributed by atoms with E-state index in [1.54, 1.807) is 37.4 Å². The van der Waals surface area contributed by atoms with E-state index in [9.17, 15) is 4.79 Å². The predicted molar refractivity (Wildman–Crippen MR) is 107 cm³/mol. The topological polar surface area (TPSA) is 129 Å². The van der Waals surface area contributed by atoms with Crippen molar-refractivity contribution in [3.05, 3.63) is 46.2 Å². The van der Waals surface area contributed by atoms with Crippen LogP contribution in [-0.4, -0.2) is 24.5 Å². The number of hydrogen-bond acceptors (Lipinski definition) is 6. The highest BCUT2D eigenvalue weighted by Crippen LogP contribution is 2.36. The van der Waals surface area contributed by atoms with Crippen LogP contribution in [0.15, 0.2) is 40.6 Å². The van der Waals surface area contributed by atoms with Gasteiger partial charge in [-0.2, -0.15) is 0 Å². The maximum absolute atomic E-state index is 12.1. The molecule has 1 amide bonds. The van der Waals surface area contributed by atoms with Gasteiger partial charge in [0.1, 0.15) is 21.7 Å². The lowest BCUT2D eigenvalue weighted by Crippen LogP contribution is -2.31. The molecule has 0 atom stereocenters. The van der Waals surface area contributed by atoms with E-state index in [0.717, 1.165) is 6.42 Å². The van der Waals surface area contributed by atoms with Crippen LogP contribution in [0.3, 0.4) is 0 Å². The molecule has 0 aliphatic carbocycles. The fourth-order valence-electron chi connectivity index (χ4n) is 2.39. The number of nitrogens with one attached hydrogen (secondary N) is 1. The molecule has 138 valence electrons. The molecule has 2 rings (SSSR count). The zero-order chi connectivity index (χ0) is 19.3. The van der Waals surface area contributed by atoms with E-state index in [4.69, 9.17) is 21.9 Å². The van der Waals surface area contributed by atoms with E-state index in [1.165, 1.54) is 0 Å². The molecule has 1 aromatic carbocycles. The Kier molecular flexibility index (Phi) is 6.46. The first-order valence-corrected chi connectivity index (χ1v) is 8.83. The second kappa shape index (κ2) is 8.57. The van der Waals surface area contributed by atoms with Crippen molar-refractivity contribution < 1.29 is 9.53 Å². The number of rotatable bonds is 6. The molecule has 1 aromatic heterocycles. The number of carbonyl (C=O) groups excluding carboxylic acids is 1. The first-order chi connectivity index (χ1) is 12.4. The van der Waals surface area contributed by atoms with Crippen molar-refractivity contribution in [3.8, 4) is 17.0 Å². The molecule has 0 saturated carbocycles. The van der Waals surface area contributed by atoms with Gasteiger partial charge in [0.05, 0.1) is 18.5 Å². The van der Waals surface area contributed by atoms with Gasteiger partial charge in [-0.25, -0.2) is 4.98 Å². The van der Waals surface area contributed by atoms with Crippen LogP contribution in [-0.2, 0) is 4.79 Å². The lowest BCUT2D eigenvalue weighted by atomic mass is 10.0. The molecule has 0 aliphatic rings. The summed E-state index contributed by atoms with van der Waals surface area (Å²) >= 11 is 3.35. The smallest absolute Gasteiger partial charge is 0.269 e. The molecule has 0 bridgehead atoms. The van der Waals surface area contributed by atoms with Gasteiger partial charge in [0.2, 0.25) is 0 Å². The summed E-state index contributed by atoms with van der Waals surface area (Å²) in [5.41, 5.74) is 20.4. The molecule has 0 radical (unpaired) electrons. The Hall–Kier alpha value is -2.74. The predicted octanol–water partition coefficient (Wildman–Crippen LogP) is 2.21. The molecule has 8 heteroatoms. The van der Waals surface area contributed by atoms with Gasteiger partial charge in [0, 0.05) is 17.7 Å². The molecule has 7 N–H and O–H groups in total. The van der Waals surface area contributed by atoms with Crippen LogP contribution in [0.25, 0.3) is 17.0 Å². The average Bonchev–Trinajstić information content (AvgIpc) is 2.65. The summed E-state index contributed by atoms with van der Waals surface area (Å²) in [6, 6.07) is 8.83. The molecule has 7 nitrogen and oxygen atoms in total. The highest BCUT2D eigenvalue weighted by Gasteiger charge is 2.18. The number of nitrogens with two attached hydrogens (primary N) is 3. The minimum absolute atomic E-state index is 0.0727. The maximum Gasteiger partial charge on any atom is 0.269 e. The summed E-state index contributed by atoms with van der Waals surface area (Å²) in [5, 5.41) is 2.69. The van der Waals surface area contributed by atoms with E-state index >= 15 is 0 Å². The number of carbonyl (C=O) groups is 1. The van der Waals surface area contributed by atoms with Crippen LogP contribution in [0.5, 0.6) is 5.75 Å². The van der Waals surface area contributed by atoms with Crippen LogP contribution >= 0.6 is 15.9 Å². The third-order valence-electron chi connectivity index (χ3n) is 3.77. The number of anilines is 1. The van der Waals surface area contributed by atoms with Crippen molar-refractivity contribution >= 4 is 33.2 Å². The number of methoxy groups -OCH3 is 1. The quantitative estimate of drug-likeness (QED) is 0.322. The molecular weight excluding hydrogens is 398 g/mol. The third-order valence-corrected chi connectivity index (χ3v) is 4.21. The number of ether oxygens (including phenoxy) is 1. The van der Waals surface area contributed by atoms with E-state index in [2.05, 4.69) is 26.2 Å². The van der Waals surface area contributed by atoms with Crippen molar-refractivity contribution in [3.63, 3.8) is 0 Å². The first-order valence-electron chi connectivity index (χ1n) is 8.03. The number of hydrogen-bond donors (Lipinski definition) is 4. The number of para-hydroxylation sites is 1. The summed E-state index contributed by atoms with van der Waals surface area (Å²) in [6.45, 7) is 2.46. The Morgan fingerprint density at radius 2 is 2.00 bits per heavy atom. The molecule has 0 saturated heterocycles. The Morgan fingerprint density at radius 3 is 2.65 bits per heavy atom. The number of nitrogens with zero attached hydrogens (tertiary/aromatic N) is 1. The van der Waals surface area contributed by atoms with Gasteiger partial charge < -0.3 is 27.3 Å². The molecule has 26 heavy (non-hydrogen) atoms. The summed E-state index contributed by atoms with van der Waals surface area (Å²) in [4.78, 5) is 16.5. The summed E-state index contributed by atoms with van der Waals surface area (Å²) in [5.74, 6) is 0.139. The lowest BCUT2D eigenvalue weighted by molar-refractivity contribution is -0.117. The molecule has 0 spiro atoms. The van der Waals surface area contributed by atoms with Crippen LogP contribution in [0, 0.1) is 0 Å². The molecule has 0 fully saturated rings. The summed E-state index contributed by atoms with van der Waals surface area (Å²) < 4.78 is 6.01. The fourth-order valence-corrected chi connectivity index (χ4v) is 2.70. The lowest BCUT2D eigenvalue weighted by Gasteiger charge is -2.15. The zero-order valence-electron chi connectivity index (χ0n) is 14.7. The van der Waals surface area contributed by atoms with Crippen molar-refractivity contribution in [2.24, 2.45) is 11.5 Å². The van der Waals surface area contributed by atoms with Gasteiger partial charge >= 0.3 is 0 Å². The van der Waals surface area contributed by atoms with Crippen molar-refractivity contribution in [2.75, 3.05) is 19.4 Å². The molecule has 1 heterocycles. The van der Waals surface area contributed by atoms with Crippen molar-refractivity contribution in [1.29, 1.82) is 0 Å². The molecule has 0 unspecified atom stereocenters. The Labute approximate surface area is 160 Å². The summed E-state index contributed by atoms with van der Waals surface area (Å²) in [7, 11) is 1.55. The highest BCUT2D eigenvalue weighted by atomic mass is 79.9. The third kappa shape index (κ3) is 4.08. The highest BCUT2D eigenvalue weighted by molar-refractivity contribution is 9.10. The minimum atomic E-state index is -0.424. The number of nitrogen functional groups attached to an aromatic ring is 1.